The smallest absolute Gasteiger partial charge is 0.0985 e. The zero-order valence-corrected chi connectivity index (χ0v) is 21.8. The first-order valence-corrected chi connectivity index (χ1v) is 14.1. The van der Waals surface area contributed by atoms with Gasteiger partial charge in [0.15, 0.2) is 0 Å². The molecule has 4 aliphatic carbocycles. The van der Waals surface area contributed by atoms with E-state index in [1.165, 1.54) is 44.9 Å². The molecular formula is C29H52O3. The zero-order chi connectivity index (χ0) is 23.5. The number of fused-ring (bicyclic) bond motifs is 5. The minimum atomic E-state index is -1.11. The average Bonchev–Trinajstić information content (AvgIpc) is 3.08. The van der Waals surface area contributed by atoms with E-state index in [1.807, 2.05) is 0 Å². The Hall–Kier alpha value is -0.120. The molecule has 3 heteroatoms. The van der Waals surface area contributed by atoms with Gasteiger partial charge in [-0.05, 0) is 98.2 Å². The van der Waals surface area contributed by atoms with Crippen LogP contribution in [0.4, 0.5) is 0 Å². The number of aliphatic hydroxyl groups is 3. The van der Waals surface area contributed by atoms with Crippen LogP contribution in [0.1, 0.15) is 112 Å². The maximum absolute atomic E-state index is 11.7. The Labute approximate surface area is 197 Å². The van der Waals surface area contributed by atoms with Crippen LogP contribution in [0.15, 0.2) is 0 Å². The van der Waals surface area contributed by atoms with Gasteiger partial charge in [-0.25, -0.2) is 0 Å². The summed E-state index contributed by atoms with van der Waals surface area (Å²) in [6.45, 7) is 14.5. The summed E-state index contributed by atoms with van der Waals surface area (Å²) in [5.41, 5.74) is -0.984. The Balaban J connectivity index is 1.51. The van der Waals surface area contributed by atoms with Crippen LogP contribution >= 0.6 is 0 Å². The summed E-state index contributed by atoms with van der Waals surface area (Å²) >= 11 is 0. The van der Waals surface area contributed by atoms with Gasteiger partial charge in [-0.3, -0.25) is 0 Å². The van der Waals surface area contributed by atoms with Gasteiger partial charge in [-0.2, -0.15) is 0 Å². The Morgan fingerprint density at radius 2 is 1.62 bits per heavy atom. The summed E-state index contributed by atoms with van der Waals surface area (Å²) in [5, 5.41) is 33.2. The molecule has 0 aromatic rings. The van der Waals surface area contributed by atoms with Crippen LogP contribution in [0.2, 0.25) is 0 Å². The van der Waals surface area contributed by atoms with Crippen molar-refractivity contribution < 1.29 is 15.3 Å². The molecule has 0 amide bonds. The summed E-state index contributed by atoms with van der Waals surface area (Å²) in [7, 11) is 0. The van der Waals surface area contributed by atoms with E-state index >= 15 is 0 Å². The lowest BCUT2D eigenvalue weighted by molar-refractivity contribution is -0.264. The molecule has 32 heavy (non-hydrogen) atoms. The Bertz CT molecular complexity index is 663. The van der Waals surface area contributed by atoms with E-state index in [0.717, 1.165) is 42.9 Å². The van der Waals surface area contributed by atoms with Crippen LogP contribution in [-0.4, -0.2) is 33.1 Å². The van der Waals surface area contributed by atoms with Crippen molar-refractivity contribution in [2.24, 2.45) is 52.3 Å². The van der Waals surface area contributed by atoms with Gasteiger partial charge in [0, 0.05) is 11.8 Å². The Morgan fingerprint density at radius 3 is 2.28 bits per heavy atom. The third-order valence-electron chi connectivity index (χ3n) is 12.1. The predicted molar refractivity (Wildman–Crippen MR) is 131 cm³/mol. The first kappa shape index (κ1) is 25.0. The van der Waals surface area contributed by atoms with E-state index in [-0.39, 0.29) is 5.41 Å². The quantitative estimate of drug-likeness (QED) is 0.454. The summed E-state index contributed by atoms with van der Waals surface area (Å²) in [4.78, 5) is 0. The van der Waals surface area contributed by atoms with Crippen LogP contribution in [0.3, 0.4) is 0 Å². The third-order valence-corrected chi connectivity index (χ3v) is 12.1. The molecule has 0 bridgehead atoms. The second-order valence-electron chi connectivity index (χ2n) is 13.6. The fraction of sp³-hybridized carbons (Fsp3) is 1.00. The molecule has 3 nitrogen and oxygen atoms in total. The van der Waals surface area contributed by atoms with Crippen molar-refractivity contribution in [1.82, 2.24) is 0 Å². The normalized spacial score (nSPS) is 50.4. The maximum atomic E-state index is 11.7. The van der Waals surface area contributed by atoms with Gasteiger partial charge in [-0.15, -0.1) is 0 Å². The van der Waals surface area contributed by atoms with Gasteiger partial charge in [-0.1, -0.05) is 54.4 Å². The summed E-state index contributed by atoms with van der Waals surface area (Å²) < 4.78 is 0. The zero-order valence-electron chi connectivity index (χ0n) is 21.8. The van der Waals surface area contributed by atoms with E-state index in [2.05, 4.69) is 41.5 Å². The van der Waals surface area contributed by atoms with Gasteiger partial charge in [0.2, 0.25) is 0 Å². The maximum Gasteiger partial charge on any atom is 0.0985 e. The molecular weight excluding hydrogens is 396 g/mol. The van der Waals surface area contributed by atoms with Gasteiger partial charge >= 0.3 is 0 Å². The van der Waals surface area contributed by atoms with Gasteiger partial charge in [0.25, 0.3) is 0 Å². The van der Waals surface area contributed by atoms with Crippen LogP contribution in [0.25, 0.3) is 0 Å². The SMILES string of the molecule is CC[C@H](CC[C@@H](C)[C@H]1CC[C@H]2[C@H]3C[C@@H](O)[C@@]4(O)C[C@@H](O)CC[C@]4(C)[C@@H]3CC[C@]12C)C(C)C. The summed E-state index contributed by atoms with van der Waals surface area (Å²) in [6.07, 6.45) is 10.7. The molecule has 0 unspecified atom stereocenters. The van der Waals surface area contributed by atoms with Crippen molar-refractivity contribution in [2.75, 3.05) is 0 Å². The van der Waals surface area contributed by atoms with Crippen LogP contribution in [-0.2, 0) is 0 Å². The number of hydrogen-bond acceptors (Lipinski definition) is 3. The molecule has 4 rings (SSSR count). The minimum Gasteiger partial charge on any atom is -0.393 e. The van der Waals surface area contributed by atoms with Crippen molar-refractivity contribution in [3.63, 3.8) is 0 Å². The second kappa shape index (κ2) is 8.83. The largest absolute Gasteiger partial charge is 0.393 e. The van der Waals surface area contributed by atoms with Crippen molar-refractivity contribution in [3.8, 4) is 0 Å². The first-order chi connectivity index (χ1) is 15.0. The second-order valence-corrected chi connectivity index (χ2v) is 13.6. The van der Waals surface area contributed by atoms with Gasteiger partial charge in [0.1, 0.15) is 0 Å². The highest BCUT2D eigenvalue weighted by atomic mass is 16.3. The number of aliphatic hydroxyl groups excluding tert-OH is 2. The van der Waals surface area contributed by atoms with Gasteiger partial charge < -0.3 is 15.3 Å². The first-order valence-electron chi connectivity index (χ1n) is 14.1. The lowest BCUT2D eigenvalue weighted by atomic mass is 9.42. The highest BCUT2D eigenvalue weighted by molar-refractivity contribution is 5.17. The van der Waals surface area contributed by atoms with E-state index in [9.17, 15) is 15.3 Å². The average molecular weight is 449 g/mol. The molecule has 4 saturated carbocycles. The molecule has 0 spiro atoms. The standard InChI is InChI=1S/C29H52O3/c1-7-20(18(2)3)9-8-19(4)23-10-11-24-22-16-26(31)29(32)17-21(30)12-15-28(29,6)25(22)13-14-27(23,24)5/h18-26,30-32H,7-17H2,1-6H3/t19-,20-,21+,22-,23-,24+,25-,26-,27-,28-,29+/m1/s1. The molecule has 4 aliphatic rings. The number of rotatable bonds is 6. The van der Waals surface area contributed by atoms with E-state index in [1.54, 1.807) is 0 Å². The summed E-state index contributed by atoms with van der Waals surface area (Å²) in [6, 6.07) is 0. The molecule has 0 radical (unpaired) electrons. The molecule has 11 atom stereocenters. The molecule has 0 saturated heterocycles. The molecule has 0 aliphatic heterocycles. The Morgan fingerprint density at radius 1 is 0.906 bits per heavy atom. The molecule has 0 aromatic heterocycles. The highest BCUT2D eigenvalue weighted by Gasteiger charge is 2.67. The highest BCUT2D eigenvalue weighted by Crippen LogP contribution is 2.69. The molecule has 0 aromatic carbocycles. The van der Waals surface area contributed by atoms with Crippen LogP contribution < -0.4 is 0 Å². The predicted octanol–water partition coefficient (Wildman–Crippen LogP) is 6.19. The fourth-order valence-corrected chi connectivity index (χ4v) is 9.92. The number of hydrogen-bond donors (Lipinski definition) is 3. The van der Waals surface area contributed by atoms with E-state index in [0.29, 0.717) is 29.6 Å². The van der Waals surface area contributed by atoms with E-state index in [4.69, 9.17) is 0 Å². The lowest BCUT2D eigenvalue weighted by Gasteiger charge is -2.65. The van der Waals surface area contributed by atoms with Crippen molar-refractivity contribution in [1.29, 1.82) is 0 Å². The topological polar surface area (TPSA) is 60.7 Å². The van der Waals surface area contributed by atoms with Crippen molar-refractivity contribution >= 4 is 0 Å². The molecule has 0 heterocycles. The molecule has 4 fully saturated rings. The van der Waals surface area contributed by atoms with E-state index < -0.39 is 17.8 Å². The lowest BCUT2D eigenvalue weighted by Crippen LogP contribution is -2.68. The monoisotopic (exact) mass is 448 g/mol. The van der Waals surface area contributed by atoms with Crippen molar-refractivity contribution in [3.05, 3.63) is 0 Å². The van der Waals surface area contributed by atoms with Crippen LogP contribution in [0, 0.1) is 52.3 Å². The molecule has 3 N–H and O–H groups in total. The molecule has 186 valence electrons. The van der Waals surface area contributed by atoms with Gasteiger partial charge in [0.05, 0.1) is 17.8 Å². The van der Waals surface area contributed by atoms with Crippen LogP contribution in [0.5, 0.6) is 0 Å². The fourth-order valence-electron chi connectivity index (χ4n) is 9.92. The minimum absolute atomic E-state index is 0.259. The Kier molecular flexibility index (Phi) is 6.89. The van der Waals surface area contributed by atoms with Crippen molar-refractivity contribution in [2.45, 2.75) is 130 Å². The summed E-state index contributed by atoms with van der Waals surface area (Å²) in [5.74, 6) is 4.92. The third kappa shape index (κ3) is 3.72.